The lowest BCUT2D eigenvalue weighted by Crippen LogP contribution is -2.25. The number of benzene rings is 1. The van der Waals surface area contributed by atoms with Gasteiger partial charge in [0.1, 0.15) is 18.2 Å². The molecule has 1 aromatic heterocycles. The number of nitrogens with one attached hydrogen (secondary N) is 2. The van der Waals surface area contributed by atoms with Gasteiger partial charge in [0.2, 0.25) is 0 Å². The number of amides is 1. The number of carbonyl (C=O) groups excluding carboxylic acids is 1. The molecule has 1 fully saturated rings. The van der Waals surface area contributed by atoms with Gasteiger partial charge in [0.05, 0.1) is 22.0 Å². The Balaban J connectivity index is 1.67. The number of aliphatic imine (C=N–C) groups is 1. The van der Waals surface area contributed by atoms with Gasteiger partial charge in [0.25, 0.3) is 5.91 Å². The van der Waals surface area contributed by atoms with Crippen LogP contribution in [0.15, 0.2) is 35.5 Å². The van der Waals surface area contributed by atoms with E-state index in [0.717, 1.165) is 19.6 Å². The first kappa shape index (κ1) is 23.1. The van der Waals surface area contributed by atoms with E-state index in [1.807, 2.05) is 0 Å². The number of rotatable bonds is 9. The lowest BCUT2D eigenvalue weighted by Gasteiger charge is -2.13. The number of ether oxygens (including phenoxy) is 1. The van der Waals surface area contributed by atoms with Gasteiger partial charge < -0.3 is 20.3 Å². The Hall–Kier alpha value is -2.55. The highest BCUT2D eigenvalue weighted by atomic mass is 35.5. The fourth-order valence-electron chi connectivity index (χ4n) is 3.50. The number of aromatic nitrogens is 1. The normalized spacial score (nSPS) is 16.7. The summed E-state index contributed by atoms with van der Waals surface area (Å²) in [5.41, 5.74) is 1.63. The van der Waals surface area contributed by atoms with Crippen LogP contribution in [0.1, 0.15) is 22.5 Å². The number of pyridine rings is 1. The highest BCUT2D eigenvalue weighted by Crippen LogP contribution is 2.24. The average molecular weight is 448 g/mol. The van der Waals surface area contributed by atoms with Crippen molar-refractivity contribution in [3.8, 4) is 5.75 Å². The first-order valence-electron chi connectivity index (χ1n) is 10.2. The van der Waals surface area contributed by atoms with Crippen molar-refractivity contribution in [2.75, 3.05) is 40.3 Å². The zero-order valence-electron chi connectivity index (χ0n) is 17.7. The van der Waals surface area contributed by atoms with Gasteiger partial charge in [-0.05, 0) is 50.7 Å². The Morgan fingerprint density at radius 3 is 3.00 bits per heavy atom. The predicted molar refractivity (Wildman–Crippen MR) is 120 cm³/mol. The molecule has 2 N–H and O–H groups in total. The van der Waals surface area contributed by atoms with Crippen molar-refractivity contribution in [1.82, 2.24) is 20.5 Å². The summed E-state index contributed by atoms with van der Waals surface area (Å²) >= 11 is 5.77. The minimum absolute atomic E-state index is 0.00887. The molecular weight excluding hydrogens is 421 g/mol. The molecule has 2 heterocycles. The van der Waals surface area contributed by atoms with E-state index in [2.05, 4.69) is 32.6 Å². The molecule has 7 nitrogen and oxygen atoms in total. The van der Waals surface area contributed by atoms with Gasteiger partial charge in [-0.15, -0.1) is 0 Å². The number of hydrogen-bond donors (Lipinski definition) is 2. The molecule has 166 valence electrons. The van der Waals surface area contributed by atoms with Crippen molar-refractivity contribution in [2.24, 2.45) is 10.9 Å². The molecule has 0 aliphatic carbocycles. The Morgan fingerprint density at radius 1 is 1.45 bits per heavy atom. The fraction of sp³-hybridized carbons (Fsp3) is 0.409. The number of hydrogen-bond acceptors (Lipinski definition) is 6. The molecule has 3 rings (SSSR count). The topological polar surface area (TPSA) is 78.9 Å². The van der Waals surface area contributed by atoms with Gasteiger partial charge in [-0.1, -0.05) is 11.6 Å². The molecule has 1 aliphatic rings. The van der Waals surface area contributed by atoms with Crippen molar-refractivity contribution in [2.45, 2.75) is 13.0 Å². The SMILES string of the molecule is CNC(=O)c1ccnc(CNCC2CCN(C)C2)c1N=CCOc1ccc(F)c(Cl)c1. The van der Waals surface area contributed by atoms with Gasteiger partial charge in [0.15, 0.2) is 0 Å². The van der Waals surface area contributed by atoms with Crippen LogP contribution in [0, 0.1) is 11.7 Å². The molecule has 1 unspecified atom stereocenters. The second kappa shape index (κ2) is 11.2. The second-order valence-electron chi connectivity index (χ2n) is 7.48. The maximum Gasteiger partial charge on any atom is 0.253 e. The Bertz CT molecular complexity index is 940. The van der Waals surface area contributed by atoms with Crippen LogP contribution in [-0.2, 0) is 6.54 Å². The Labute approximate surface area is 186 Å². The van der Waals surface area contributed by atoms with E-state index < -0.39 is 5.82 Å². The molecule has 0 spiro atoms. The minimum atomic E-state index is -0.505. The maximum atomic E-state index is 13.3. The molecule has 1 atom stereocenters. The van der Waals surface area contributed by atoms with Crippen molar-refractivity contribution >= 4 is 29.4 Å². The number of likely N-dealkylation sites (tertiary alicyclic amines) is 1. The lowest BCUT2D eigenvalue weighted by molar-refractivity contribution is 0.0963. The zero-order chi connectivity index (χ0) is 22.2. The first-order valence-corrected chi connectivity index (χ1v) is 10.5. The van der Waals surface area contributed by atoms with Crippen LogP contribution in [0.5, 0.6) is 5.75 Å². The standard InChI is InChI=1S/C22H27ClFN5O2/c1-25-22(30)17-5-7-27-20(13-26-12-15-6-9-29(2)14-15)21(17)28-8-10-31-16-3-4-19(24)18(23)11-16/h3-5,7-8,11,15,26H,6,9-10,12-14H2,1-2H3,(H,25,30). The highest BCUT2D eigenvalue weighted by molar-refractivity contribution is 6.30. The molecule has 1 aliphatic heterocycles. The van der Waals surface area contributed by atoms with Crippen LogP contribution in [-0.4, -0.2) is 62.3 Å². The summed E-state index contributed by atoms with van der Waals surface area (Å²) in [6, 6.07) is 5.78. The summed E-state index contributed by atoms with van der Waals surface area (Å²) in [6.07, 6.45) is 4.34. The van der Waals surface area contributed by atoms with Gasteiger partial charge >= 0.3 is 0 Å². The lowest BCUT2D eigenvalue weighted by atomic mass is 10.1. The van der Waals surface area contributed by atoms with Crippen LogP contribution >= 0.6 is 11.6 Å². The van der Waals surface area contributed by atoms with Gasteiger partial charge in [-0.25, -0.2) is 4.39 Å². The van der Waals surface area contributed by atoms with Crippen LogP contribution in [0.4, 0.5) is 10.1 Å². The third kappa shape index (κ3) is 6.46. The molecule has 0 saturated carbocycles. The first-order chi connectivity index (χ1) is 15.0. The summed E-state index contributed by atoms with van der Waals surface area (Å²) in [7, 11) is 3.70. The zero-order valence-corrected chi connectivity index (χ0v) is 18.5. The van der Waals surface area contributed by atoms with E-state index in [1.165, 1.54) is 24.6 Å². The van der Waals surface area contributed by atoms with E-state index in [0.29, 0.717) is 35.2 Å². The summed E-state index contributed by atoms with van der Waals surface area (Å²) in [4.78, 5) is 23.5. The predicted octanol–water partition coefficient (Wildman–Crippen LogP) is 3.06. The molecule has 1 saturated heterocycles. The number of carbonyl (C=O) groups is 1. The monoisotopic (exact) mass is 447 g/mol. The van der Waals surface area contributed by atoms with Crippen LogP contribution < -0.4 is 15.4 Å². The summed E-state index contributed by atoms with van der Waals surface area (Å²) in [5, 5.41) is 6.07. The van der Waals surface area contributed by atoms with Crippen molar-refractivity contribution in [3.63, 3.8) is 0 Å². The van der Waals surface area contributed by atoms with E-state index in [-0.39, 0.29) is 17.5 Å². The average Bonchev–Trinajstić information content (AvgIpc) is 3.18. The van der Waals surface area contributed by atoms with E-state index >= 15 is 0 Å². The van der Waals surface area contributed by atoms with E-state index in [9.17, 15) is 9.18 Å². The maximum absolute atomic E-state index is 13.3. The van der Waals surface area contributed by atoms with Gasteiger partial charge in [0, 0.05) is 38.6 Å². The smallest absolute Gasteiger partial charge is 0.253 e. The van der Waals surface area contributed by atoms with E-state index in [1.54, 1.807) is 25.5 Å². The second-order valence-corrected chi connectivity index (χ2v) is 7.89. The fourth-order valence-corrected chi connectivity index (χ4v) is 3.68. The third-order valence-corrected chi connectivity index (χ3v) is 5.41. The highest BCUT2D eigenvalue weighted by Gasteiger charge is 2.19. The van der Waals surface area contributed by atoms with E-state index in [4.69, 9.17) is 16.3 Å². The summed E-state index contributed by atoms with van der Waals surface area (Å²) in [6.45, 7) is 3.71. The molecule has 1 amide bonds. The van der Waals surface area contributed by atoms with Gasteiger partial charge in [-0.2, -0.15) is 0 Å². The van der Waals surface area contributed by atoms with Crippen molar-refractivity contribution in [1.29, 1.82) is 0 Å². The number of halogens is 2. The summed E-state index contributed by atoms with van der Waals surface area (Å²) < 4.78 is 18.8. The molecular formula is C22H27ClFN5O2. The number of nitrogens with zero attached hydrogens (tertiary/aromatic N) is 3. The third-order valence-electron chi connectivity index (χ3n) is 5.12. The molecule has 1 aromatic carbocycles. The summed E-state index contributed by atoms with van der Waals surface area (Å²) in [5.74, 6) is 0.295. The Kier molecular flexibility index (Phi) is 8.34. The largest absolute Gasteiger partial charge is 0.488 e. The van der Waals surface area contributed by atoms with Crippen LogP contribution in [0.2, 0.25) is 5.02 Å². The quantitative estimate of drug-likeness (QED) is 0.577. The van der Waals surface area contributed by atoms with Crippen molar-refractivity contribution < 1.29 is 13.9 Å². The molecule has 31 heavy (non-hydrogen) atoms. The molecule has 0 bridgehead atoms. The minimum Gasteiger partial charge on any atom is -0.488 e. The molecule has 0 radical (unpaired) electrons. The van der Waals surface area contributed by atoms with Gasteiger partial charge in [-0.3, -0.25) is 14.8 Å². The molecule has 9 heteroatoms. The molecule has 2 aromatic rings. The van der Waals surface area contributed by atoms with Crippen LogP contribution in [0.3, 0.4) is 0 Å². The van der Waals surface area contributed by atoms with Crippen LogP contribution in [0.25, 0.3) is 0 Å². The van der Waals surface area contributed by atoms with Crippen molar-refractivity contribution in [3.05, 3.63) is 52.6 Å². The Morgan fingerprint density at radius 2 is 2.29 bits per heavy atom.